The van der Waals surface area contributed by atoms with Crippen LogP contribution in [0.3, 0.4) is 0 Å². The molecule has 328 valence electrons. The van der Waals surface area contributed by atoms with Crippen LogP contribution in [0.1, 0.15) is 82.4 Å². The molecule has 0 saturated heterocycles. The highest BCUT2D eigenvalue weighted by molar-refractivity contribution is 9.10. The average Bonchev–Trinajstić information content (AvgIpc) is 3.56. The second kappa shape index (κ2) is 19.2. The number of hydrogen-bond donors (Lipinski definition) is 6. The Kier molecular flexibility index (Phi) is 14.5. The number of primary amides is 1. The number of nitrogens with zero attached hydrogens (tertiary/aromatic N) is 2. The smallest absolute Gasteiger partial charge is 0.355 e. The van der Waals surface area contributed by atoms with E-state index in [1.165, 1.54) is 11.5 Å². The summed E-state index contributed by atoms with van der Waals surface area (Å²) < 4.78 is 43.9. The van der Waals surface area contributed by atoms with Crippen LogP contribution in [0.15, 0.2) is 39.6 Å². The number of hydrogen-bond acceptors (Lipinski definition) is 11. The van der Waals surface area contributed by atoms with Gasteiger partial charge < -0.3 is 46.1 Å². The number of ether oxygens (including phenoxy) is 2. The number of carboxylic acids is 1. The topological polar surface area (TPSA) is 267 Å². The predicted octanol–water partition coefficient (Wildman–Crippen LogP) is 2.86. The molecule has 3 aromatic rings. The summed E-state index contributed by atoms with van der Waals surface area (Å²) in [6, 6.07) is 5.43. The van der Waals surface area contributed by atoms with Gasteiger partial charge >= 0.3 is 23.9 Å². The molecule has 0 fully saturated rings. The van der Waals surface area contributed by atoms with Crippen LogP contribution < -0.4 is 32.6 Å². The molecule has 0 aliphatic carbocycles. The SMILES string of the molecule is CC[C@@]1(OC(=O)CCC(F)(F)CNC(=O)[C@H](CCCNC(N)=O)NC(=O)C(NC(=O)CCC(=O)O)C(C)C)C(=O)OCc2c1cc1n(c2=O)Cc2cc3c(Br)cccc3nc2-1. The number of halogens is 3. The van der Waals surface area contributed by atoms with Crippen LogP contribution in [0.4, 0.5) is 13.6 Å². The van der Waals surface area contributed by atoms with Gasteiger partial charge in [0.15, 0.2) is 0 Å². The van der Waals surface area contributed by atoms with Crippen LogP contribution in [0.25, 0.3) is 22.3 Å². The standard InChI is InChI=1S/C40H46BrF2N7O11/c1-4-40(24-16-28-33-21(15-22-25(41)7-5-8-26(22)47-33)17-50(28)36(57)23(24)18-60-37(40)58)61-31(54)12-13-39(42,43)19-46-34(55)27(9-6-14-45-38(44)59)48-35(56)32(20(2)3)49-29(51)10-11-30(52)53/h5,7-8,15-16,20,27,32H,4,6,9-14,17-19H2,1-3H3,(H,46,55)(H,48,56)(H,49,51)(H,52,53)(H3,44,45,59)/t27-,32?,40-/m0/s1. The van der Waals surface area contributed by atoms with Gasteiger partial charge in [-0.1, -0.05) is 42.8 Å². The molecule has 5 rings (SSSR count). The van der Waals surface area contributed by atoms with E-state index in [1.54, 1.807) is 26.0 Å². The second-order valence-electron chi connectivity index (χ2n) is 15.1. The number of amides is 5. The number of rotatable bonds is 19. The third-order valence-corrected chi connectivity index (χ3v) is 11.1. The molecular formula is C40H46BrF2N7O11. The zero-order valence-electron chi connectivity index (χ0n) is 33.5. The molecule has 0 spiro atoms. The first-order valence-electron chi connectivity index (χ1n) is 19.5. The van der Waals surface area contributed by atoms with Crippen LogP contribution in [0.5, 0.6) is 0 Å². The first-order chi connectivity index (χ1) is 28.8. The summed E-state index contributed by atoms with van der Waals surface area (Å²) >= 11 is 3.52. The number of cyclic esters (lactones) is 1. The van der Waals surface area contributed by atoms with E-state index in [0.29, 0.717) is 16.9 Å². The highest BCUT2D eigenvalue weighted by atomic mass is 79.9. The Morgan fingerprint density at radius 1 is 1.07 bits per heavy atom. The minimum absolute atomic E-state index is 0.0268. The number of carboxylic acid groups (broad SMARTS) is 1. The van der Waals surface area contributed by atoms with Crippen molar-refractivity contribution in [2.24, 2.45) is 11.7 Å². The molecule has 1 aromatic carbocycles. The van der Waals surface area contributed by atoms with E-state index in [-0.39, 0.29) is 43.5 Å². The third-order valence-electron chi connectivity index (χ3n) is 10.4. The predicted molar refractivity (Wildman–Crippen MR) is 216 cm³/mol. The lowest BCUT2D eigenvalue weighted by atomic mass is 9.85. The molecule has 0 radical (unpaired) electrons. The van der Waals surface area contributed by atoms with Crippen molar-refractivity contribution in [2.45, 2.75) is 102 Å². The molecule has 61 heavy (non-hydrogen) atoms. The van der Waals surface area contributed by atoms with Gasteiger partial charge in [0.2, 0.25) is 23.3 Å². The lowest BCUT2D eigenvalue weighted by Gasteiger charge is -2.35. The number of carbonyl (C=O) groups is 7. The molecule has 0 saturated carbocycles. The third kappa shape index (κ3) is 10.7. The van der Waals surface area contributed by atoms with Gasteiger partial charge in [-0.05, 0) is 49.4 Å². The summed E-state index contributed by atoms with van der Waals surface area (Å²) in [5.41, 5.74) is 4.85. The maximum absolute atomic E-state index is 15.3. The number of nitrogens with one attached hydrogen (secondary N) is 4. The van der Waals surface area contributed by atoms with Crippen molar-refractivity contribution in [2.75, 3.05) is 13.1 Å². The first kappa shape index (κ1) is 46.1. The lowest BCUT2D eigenvalue weighted by Crippen LogP contribution is -2.56. The maximum atomic E-state index is 15.3. The van der Waals surface area contributed by atoms with E-state index in [0.717, 1.165) is 15.4 Å². The molecule has 0 bridgehead atoms. The second-order valence-corrected chi connectivity index (χ2v) is 16.0. The fraction of sp³-hybridized carbons (Fsp3) is 0.475. The Hall–Kier alpha value is -5.99. The van der Waals surface area contributed by atoms with Gasteiger partial charge in [-0.15, -0.1) is 0 Å². The highest BCUT2D eigenvalue weighted by Gasteiger charge is 2.50. The Morgan fingerprint density at radius 2 is 1.80 bits per heavy atom. The average molecular weight is 919 g/mol. The number of aromatic nitrogens is 2. The van der Waals surface area contributed by atoms with E-state index in [2.05, 4.69) is 37.2 Å². The van der Waals surface area contributed by atoms with Crippen molar-refractivity contribution in [1.82, 2.24) is 30.8 Å². The molecule has 4 heterocycles. The van der Waals surface area contributed by atoms with Gasteiger partial charge in [-0.3, -0.25) is 28.8 Å². The molecule has 1 unspecified atom stereocenters. The van der Waals surface area contributed by atoms with Gasteiger partial charge in [-0.2, -0.15) is 0 Å². The van der Waals surface area contributed by atoms with E-state index >= 15 is 8.78 Å². The number of fused-ring (bicyclic) bond motifs is 5. The molecule has 2 aliphatic rings. The fourth-order valence-corrected chi connectivity index (χ4v) is 7.60. The summed E-state index contributed by atoms with van der Waals surface area (Å²) in [7, 11) is 0. The van der Waals surface area contributed by atoms with E-state index < -0.39 is 116 Å². The largest absolute Gasteiger partial charge is 0.481 e. The van der Waals surface area contributed by atoms with E-state index in [4.69, 9.17) is 25.3 Å². The summed E-state index contributed by atoms with van der Waals surface area (Å²) in [6.45, 7) is 3.17. The lowest BCUT2D eigenvalue weighted by molar-refractivity contribution is -0.190. The van der Waals surface area contributed by atoms with Gasteiger partial charge in [0, 0.05) is 40.4 Å². The number of nitrogens with two attached hydrogens (primary N) is 1. The van der Waals surface area contributed by atoms with Crippen LogP contribution in [-0.2, 0) is 57.0 Å². The highest BCUT2D eigenvalue weighted by Crippen LogP contribution is 2.41. The number of urea groups is 1. The minimum Gasteiger partial charge on any atom is -0.481 e. The number of aliphatic carboxylic acids is 1. The van der Waals surface area contributed by atoms with Crippen molar-refractivity contribution in [3.63, 3.8) is 0 Å². The summed E-state index contributed by atoms with van der Waals surface area (Å²) in [4.78, 5) is 106. The zero-order valence-corrected chi connectivity index (χ0v) is 35.1. The summed E-state index contributed by atoms with van der Waals surface area (Å²) in [5.74, 6) is -10.3. The van der Waals surface area contributed by atoms with Crippen LogP contribution in [0.2, 0.25) is 0 Å². The number of alkyl halides is 2. The first-order valence-corrected chi connectivity index (χ1v) is 20.3. The van der Waals surface area contributed by atoms with Crippen molar-refractivity contribution in [1.29, 1.82) is 0 Å². The zero-order chi connectivity index (χ0) is 44.8. The van der Waals surface area contributed by atoms with Crippen molar-refractivity contribution < 1.29 is 56.9 Å². The Balaban J connectivity index is 1.27. The van der Waals surface area contributed by atoms with E-state index in [1.807, 2.05) is 18.2 Å². The number of pyridine rings is 2. The van der Waals surface area contributed by atoms with Gasteiger partial charge in [-0.25, -0.2) is 23.4 Å². The molecule has 21 heteroatoms. The molecular weight excluding hydrogens is 872 g/mol. The normalized spacial score (nSPS) is 16.3. The molecule has 3 atom stereocenters. The number of esters is 2. The Bertz CT molecular complexity index is 2320. The monoisotopic (exact) mass is 917 g/mol. The minimum atomic E-state index is -3.72. The summed E-state index contributed by atoms with van der Waals surface area (Å²) in [6.07, 6.45) is -3.26. The summed E-state index contributed by atoms with van der Waals surface area (Å²) in [5, 5.41) is 18.9. The van der Waals surface area contributed by atoms with E-state index in [9.17, 15) is 38.4 Å². The fourth-order valence-electron chi connectivity index (χ4n) is 7.13. The molecule has 18 nitrogen and oxygen atoms in total. The van der Waals surface area contributed by atoms with Crippen LogP contribution in [0, 0.1) is 5.92 Å². The quantitative estimate of drug-likeness (QED) is 0.0586. The van der Waals surface area contributed by atoms with Crippen LogP contribution in [-0.4, -0.2) is 87.4 Å². The van der Waals surface area contributed by atoms with Crippen LogP contribution >= 0.6 is 15.9 Å². The molecule has 7 N–H and O–H groups in total. The Morgan fingerprint density at radius 3 is 2.48 bits per heavy atom. The molecule has 2 aromatic heterocycles. The number of carbonyl (C=O) groups excluding carboxylic acids is 6. The molecule has 5 amide bonds. The van der Waals surface area contributed by atoms with Crippen molar-refractivity contribution in [3.8, 4) is 11.4 Å². The van der Waals surface area contributed by atoms with Gasteiger partial charge in [0.05, 0.1) is 48.4 Å². The van der Waals surface area contributed by atoms with Gasteiger partial charge in [0.25, 0.3) is 11.5 Å². The number of benzene rings is 1. The molecule has 2 aliphatic heterocycles. The van der Waals surface area contributed by atoms with Crippen molar-refractivity contribution in [3.05, 3.63) is 61.8 Å². The Labute approximate surface area is 355 Å². The van der Waals surface area contributed by atoms with Gasteiger partial charge in [0.1, 0.15) is 18.7 Å². The van der Waals surface area contributed by atoms with Crippen molar-refractivity contribution >= 4 is 68.5 Å². The maximum Gasteiger partial charge on any atom is 0.355 e.